The van der Waals surface area contributed by atoms with Crippen LogP contribution in [0.15, 0.2) is 30.9 Å². The first kappa shape index (κ1) is 12.8. The Morgan fingerprint density at radius 3 is 2.81 bits per heavy atom. The fourth-order valence-electron chi connectivity index (χ4n) is 1.87. The van der Waals surface area contributed by atoms with E-state index in [9.17, 15) is 0 Å². The Labute approximate surface area is 98.3 Å². The first-order chi connectivity index (χ1) is 7.72. The molecule has 0 spiro atoms. The molecule has 1 rings (SSSR count). The van der Waals surface area contributed by atoms with Crippen LogP contribution in [0.1, 0.15) is 30.0 Å². The SMILES string of the molecule is C=CCCC(NC)c1cc(C)ccc1OC. The summed E-state index contributed by atoms with van der Waals surface area (Å²) >= 11 is 0. The second-order valence-corrected chi connectivity index (χ2v) is 3.95. The lowest BCUT2D eigenvalue weighted by molar-refractivity contribution is 0.399. The van der Waals surface area contributed by atoms with Crippen molar-refractivity contribution < 1.29 is 4.74 Å². The van der Waals surface area contributed by atoms with Gasteiger partial charge in [0.25, 0.3) is 0 Å². The molecule has 0 heterocycles. The van der Waals surface area contributed by atoms with Crippen molar-refractivity contribution in [2.24, 2.45) is 0 Å². The smallest absolute Gasteiger partial charge is 0.123 e. The Bertz CT molecular complexity index is 347. The highest BCUT2D eigenvalue weighted by Gasteiger charge is 2.13. The Morgan fingerprint density at radius 1 is 1.50 bits per heavy atom. The van der Waals surface area contributed by atoms with E-state index in [0.717, 1.165) is 18.6 Å². The Balaban J connectivity index is 2.96. The normalized spacial score (nSPS) is 12.2. The van der Waals surface area contributed by atoms with E-state index in [1.165, 1.54) is 11.1 Å². The molecule has 0 aliphatic heterocycles. The fourth-order valence-corrected chi connectivity index (χ4v) is 1.87. The van der Waals surface area contributed by atoms with Crippen LogP contribution < -0.4 is 10.1 Å². The third-order valence-electron chi connectivity index (χ3n) is 2.77. The summed E-state index contributed by atoms with van der Waals surface area (Å²) in [6, 6.07) is 6.61. The molecule has 16 heavy (non-hydrogen) atoms. The summed E-state index contributed by atoms with van der Waals surface area (Å²) in [5, 5.41) is 3.33. The monoisotopic (exact) mass is 219 g/mol. The van der Waals surface area contributed by atoms with E-state index >= 15 is 0 Å². The van der Waals surface area contributed by atoms with Gasteiger partial charge >= 0.3 is 0 Å². The van der Waals surface area contributed by atoms with Crippen LogP contribution in [-0.4, -0.2) is 14.2 Å². The number of methoxy groups -OCH3 is 1. The molecule has 2 heteroatoms. The average molecular weight is 219 g/mol. The van der Waals surface area contributed by atoms with Gasteiger partial charge in [-0.15, -0.1) is 6.58 Å². The Kier molecular flexibility index (Phi) is 5.06. The van der Waals surface area contributed by atoms with E-state index in [-0.39, 0.29) is 0 Å². The van der Waals surface area contributed by atoms with Gasteiger partial charge in [0.05, 0.1) is 7.11 Å². The van der Waals surface area contributed by atoms with Crippen LogP contribution in [0.2, 0.25) is 0 Å². The van der Waals surface area contributed by atoms with Crippen LogP contribution in [0.4, 0.5) is 0 Å². The quantitative estimate of drug-likeness (QED) is 0.742. The van der Waals surface area contributed by atoms with Crippen molar-refractivity contribution in [2.75, 3.05) is 14.2 Å². The molecule has 1 unspecified atom stereocenters. The maximum Gasteiger partial charge on any atom is 0.123 e. The summed E-state index contributed by atoms with van der Waals surface area (Å²) in [7, 11) is 3.70. The molecule has 88 valence electrons. The van der Waals surface area contributed by atoms with Gasteiger partial charge in [-0.05, 0) is 32.9 Å². The molecule has 0 radical (unpaired) electrons. The highest BCUT2D eigenvalue weighted by Crippen LogP contribution is 2.28. The number of nitrogens with one attached hydrogen (secondary N) is 1. The van der Waals surface area contributed by atoms with Gasteiger partial charge in [-0.2, -0.15) is 0 Å². The number of ether oxygens (including phenoxy) is 1. The molecule has 0 fully saturated rings. The first-order valence-corrected chi connectivity index (χ1v) is 5.65. The van der Waals surface area contributed by atoms with Gasteiger partial charge < -0.3 is 10.1 Å². The van der Waals surface area contributed by atoms with E-state index in [2.05, 4.69) is 31.0 Å². The molecule has 1 N–H and O–H groups in total. The molecule has 0 amide bonds. The molecule has 2 nitrogen and oxygen atoms in total. The molecule has 0 saturated carbocycles. The summed E-state index contributed by atoms with van der Waals surface area (Å²) in [6.07, 6.45) is 4.00. The lowest BCUT2D eigenvalue weighted by atomic mass is 9.99. The van der Waals surface area contributed by atoms with E-state index in [1.807, 2.05) is 19.2 Å². The Morgan fingerprint density at radius 2 is 2.25 bits per heavy atom. The minimum absolute atomic E-state index is 0.327. The van der Waals surface area contributed by atoms with Crippen LogP contribution in [0, 0.1) is 6.92 Å². The van der Waals surface area contributed by atoms with Gasteiger partial charge in [0.1, 0.15) is 5.75 Å². The highest BCUT2D eigenvalue weighted by atomic mass is 16.5. The molecule has 1 aromatic rings. The van der Waals surface area contributed by atoms with Gasteiger partial charge in [0.15, 0.2) is 0 Å². The maximum atomic E-state index is 5.40. The van der Waals surface area contributed by atoms with Crippen molar-refractivity contribution in [3.8, 4) is 5.75 Å². The molecule has 0 saturated heterocycles. The first-order valence-electron chi connectivity index (χ1n) is 5.65. The fraction of sp³-hybridized carbons (Fsp3) is 0.429. The largest absolute Gasteiger partial charge is 0.496 e. The van der Waals surface area contributed by atoms with Gasteiger partial charge in [0.2, 0.25) is 0 Å². The summed E-state index contributed by atoms with van der Waals surface area (Å²) < 4.78 is 5.40. The highest BCUT2D eigenvalue weighted by molar-refractivity contribution is 5.39. The Hall–Kier alpha value is -1.28. The van der Waals surface area contributed by atoms with Gasteiger partial charge in [0, 0.05) is 11.6 Å². The molecule has 0 bridgehead atoms. The van der Waals surface area contributed by atoms with Crippen molar-refractivity contribution in [3.63, 3.8) is 0 Å². The standard InChI is InChI=1S/C14H21NO/c1-5-6-7-13(15-3)12-10-11(2)8-9-14(12)16-4/h5,8-10,13,15H,1,6-7H2,2-4H3. The van der Waals surface area contributed by atoms with E-state index < -0.39 is 0 Å². The maximum absolute atomic E-state index is 5.40. The molecule has 0 aliphatic rings. The summed E-state index contributed by atoms with van der Waals surface area (Å²) in [6.45, 7) is 5.86. The second-order valence-electron chi connectivity index (χ2n) is 3.95. The minimum atomic E-state index is 0.327. The number of benzene rings is 1. The van der Waals surface area contributed by atoms with Crippen molar-refractivity contribution >= 4 is 0 Å². The zero-order valence-electron chi connectivity index (χ0n) is 10.4. The van der Waals surface area contributed by atoms with Crippen LogP contribution in [0.5, 0.6) is 5.75 Å². The zero-order chi connectivity index (χ0) is 12.0. The van der Waals surface area contributed by atoms with Crippen molar-refractivity contribution in [3.05, 3.63) is 42.0 Å². The van der Waals surface area contributed by atoms with Crippen LogP contribution >= 0.6 is 0 Å². The molecule has 0 aromatic heterocycles. The van der Waals surface area contributed by atoms with Crippen LogP contribution in [0.25, 0.3) is 0 Å². The minimum Gasteiger partial charge on any atom is -0.496 e. The van der Waals surface area contributed by atoms with E-state index in [4.69, 9.17) is 4.74 Å². The van der Waals surface area contributed by atoms with Gasteiger partial charge in [-0.1, -0.05) is 23.8 Å². The molecular formula is C14H21NO. The third kappa shape index (κ3) is 3.11. The van der Waals surface area contributed by atoms with Crippen molar-refractivity contribution in [1.29, 1.82) is 0 Å². The van der Waals surface area contributed by atoms with Gasteiger partial charge in [-0.3, -0.25) is 0 Å². The van der Waals surface area contributed by atoms with Gasteiger partial charge in [-0.25, -0.2) is 0 Å². The predicted octanol–water partition coefficient (Wildman–Crippen LogP) is 3.23. The number of allylic oxidation sites excluding steroid dienone is 1. The van der Waals surface area contributed by atoms with Crippen molar-refractivity contribution in [1.82, 2.24) is 5.32 Å². The summed E-state index contributed by atoms with van der Waals surface area (Å²) in [5.74, 6) is 0.953. The number of rotatable bonds is 6. The molecule has 1 atom stereocenters. The molecular weight excluding hydrogens is 198 g/mol. The lowest BCUT2D eigenvalue weighted by Gasteiger charge is -2.19. The van der Waals surface area contributed by atoms with Crippen LogP contribution in [-0.2, 0) is 0 Å². The number of aryl methyl sites for hydroxylation is 1. The lowest BCUT2D eigenvalue weighted by Crippen LogP contribution is -2.17. The average Bonchev–Trinajstić information content (AvgIpc) is 2.30. The van der Waals surface area contributed by atoms with Crippen molar-refractivity contribution in [2.45, 2.75) is 25.8 Å². The molecule has 1 aromatic carbocycles. The summed E-state index contributed by atoms with van der Waals surface area (Å²) in [4.78, 5) is 0. The number of hydrogen-bond acceptors (Lipinski definition) is 2. The summed E-state index contributed by atoms with van der Waals surface area (Å²) in [5.41, 5.74) is 2.49. The predicted molar refractivity (Wildman–Crippen MR) is 69.0 cm³/mol. The number of hydrogen-bond donors (Lipinski definition) is 1. The zero-order valence-corrected chi connectivity index (χ0v) is 10.4. The van der Waals surface area contributed by atoms with E-state index in [1.54, 1.807) is 7.11 Å². The molecule has 0 aliphatic carbocycles. The third-order valence-corrected chi connectivity index (χ3v) is 2.77. The topological polar surface area (TPSA) is 21.3 Å². The van der Waals surface area contributed by atoms with E-state index in [0.29, 0.717) is 6.04 Å². The van der Waals surface area contributed by atoms with Crippen LogP contribution in [0.3, 0.4) is 0 Å². The second kappa shape index (κ2) is 6.33.